The summed E-state index contributed by atoms with van der Waals surface area (Å²) >= 11 is 0. The standard InChI is InChI=1S/C9H17N3O3/c1-14-5-6-15-4-2-3-12-7-9(8-13)10-11-12/h7,13H,2-6,8H2,1H3. The number of aromatic nitrogens is 3. The Kier molecular flexibility index (Phi) is 5.91. The molecule has 6 heteroatoms. The van der Waals surface area contributed by atoms with Gasteiger partial charge in [-0.2, -0.15) is 0 Å². The number of aliphatic hydroxyl groups excluding tert-OH is 1. The lowest BCUT2D eigenvalue weighted by atomic mass is 10.4. The maximum absolute atomic E-state index is 8.77. The third kappa shape index (κ3) is 4.87. The first-order chi connectivity index (χ1) is 7.36. The molecule has 86 valence electrons. The molecule has 15 heavy (non-hydrogen) atoms. The minimum Gasteiger partial charge on any atom is -0.390 e. The molecule has 0 saturated heterocycles. The van der Waals surface area contributed by atoms with Crippen LogP contribution in [-0.2, 0) is 22.6 Å². The molecule has 6 nitrogen and oxygen atoms in total. The molecule has 1 aromatic heterocycles. The molecule has 0 atom stereocenters. The van der Waals surface area contributed by atoms with E-state index < -0.39 is 0 Å². The summed E-state index contributed by atoms with van der Waals surface area (Å²) in [5.41, 5.74) is 0.593. The summed E-state index contributed by atoms with van der Waals surface area (Å²) in [6.45, 7) is 2.61. The second-order valence-corrected chi connectivity index (χ2v) is 3.09. The fourth-order valence-corrected chi connectivity index (χ4v) is 1.09. The van der Waals surface area contributed by atoms with E-state index in [1.165, 1.54) is 0 Å². The number of ether oxygens (including phenoxy) is 2. The molecule has 0 aliphatic rings. The van der Waals surface area contributed by atoms with Crippen molar-refractivity contribution in [2.45, 2.75) is 19.6 Å². The number of hydrogen-bond donors (Lipinski definition) is 1. The Balaban J connectivity index is 2.04. The Bertz CT molecular complexity index is 265. The topological polar surface area (TPSA) is 69.4 Å². The first kappa shape index (κ1) is 12.1. The molecule has 1 rings (SSSR count). The fraction of sp³-hybridized carbons (Fsp3) is 0.778. The molecule has 0 amide bonds. The van der Waals surface area contributed by atoms with Crippen LogP contribution in [0.3, 0.4) is 0 Å². The molecule has 0 unspecified atom stereocenters. The van der Waals surface area contributed by atoms with Crippen LogP contribution in [0.5, 0.6) is 0 Å². The van der Waals surface area contributed by atoms with Crippen molar-refractivity contribution in [2.24, 2.45) is 0 Å². The Labute approximate surface area is 88.8 Å². The van der Waals surface area contributed by atoms with E-state index in [-0.39, 0.29) is 6.61 Å². The zero-order valence-corrected chi connectivity index (χ0v) is 8.93. The van der Waals surface area contributed by atoms with Gasteiger partial charge in [-0.05, 0) is 6.42 Å². The van der Waals surface area contributed by atoms with Gasteiger partial charge in [0, 0.05) is 20.3 Å². The zero-order valence-electron chi connectivity index (χ0n) is 8.93. The van der Waals surface area contributed by atoms with Gasteiger partial charge in [-0.15, -0.1) is 5.10 Å². The minimum atomic E-state index is -0.0651. The summed E-state index contributed by atoms with van der Waals surface area (Å²) in [4.78, 5) is 0. The van der Waals surface area contributed by atoms with Gasteiger partial charge in [-0.3, -0.25) is 4.68 Å². The van der Waals surface area contributed by atoms with E-state index >= 15 is 0 Å². The lowest BCUT2D eigenvalue weighted by molar-refractivity contribution is 0.0676. The molecular formula is C9H17N3O3. The number of hydrogen-bond acceptors (Lipinski definition) is 5. The van der Waals surface area contributed by atoms with E-state index in [0.717, 1.165) is 13.0 Å². The van der Waals surface area contributed by atoms with Crippen molar-refractivity contribution in [3.8, 4) is 0 Å². The quantitative estimate of drug-likeness (QED) is 0.609. The summed E-state index contributed by atoms with van der Waals surface area (Å²) in [6.07, 6.45) is 2.60. The largest absolute Gasteiger partial charge is 0.390 e. The predicted octanol–water partition coefficient (Wildman–Crippen LogP) is -0.177. The van der Waals surface area contributed by atoms with Crippen molar-refractivity contribution in [3.63, 3.8) is 0 Å². The molecular weight excluding hydrogens is 198 g/mol. The van der Waals surface area contributed by atoms with Gasteiger partial charge in [0.2, 0.25) is 0 Å². The Morgan fingerprint density at radius 2 is 2.27 bits per heavy atom. The Morgan fingerprint density at radius 3 is 2.93 bits per heavy atom. The second-order valence-electron chi connectivity index (χ2n) is 3.09. The molecule has 1 heterocycles. The van der Waals surface area contributed by atoms with Crippen molar-refractivity contribution in [3.05, 3.63) is 11.9 Å². The second kappa shape index (κ2) is 7.33. The van der Waals surface area contributed by atoms with Gasteiger partial charge in [0.1, 0.15) is 5.69 Å². The number of aryl methyl sites for hydroxylation is 1. The van der Waals surface area contributed by atoms with Crippen LogP contribution in [0.1, 0.15) is 12.1 Å². The first-order valence-electron chi connectivity index (χ1n) is 4.93. The highest BCUT2D eigenvalue weighted by molar-refractivity contribution is 4.88. The summed E-state index contributed by atoms with van der Waals surface area (Å²) in [5, 5.41) is 16.4. The van der Waals surface area contributed by atoms with Crippen molar-refractivity contribution < 1.29 is 14.6 Å². The molecule has 0 aliphatic carbocycles. The van der Waals surface area contributed by atoms with E-state index in [1.807, 2.05) is 0 Å². The van der Waals surface area contributed by atoms with Crippen molar-refractivity contribution in [2.75, 3.05) is 26.9 Å². The van der Waals surface area contributed by atoms with Crippen molar-refractivity contribution in [1.82, 2.24) is 15.0 Å². The highest BCUT2D eigenvalue weighted by Crippen LogP contribution is 1.94. The lowest BCUT2D eigenvalue weighted by Crippen LogP contribution is -2.06. The highest BCUT2D eigenvalue weighted by atomic mass is 16.5. The average Bonchev–Trinajstić information content (AvgIpc) is 2.71. The molecule has 1 aromatic rings. The van der Waals surface area contributed by atoms with Crippen LogP contribution in [-0.4, -0.2) is 47.0 Å². The molecule has 0 radical (unpaired) electrons. The van der Waals surface area contributed by atoms with Crippen molar-refractivity contribution >= 4 is 0 Å². The SMILES string of the molecule is COCCOCCCn1cc(CO)nn1. The molecule has 0 bridgehead atoms. The van der Waals surface area contributed by atoms with E-state index in [0.29, 0.717) is 25.5 Å². The highest BCUT2D eigenvalue weighted by Gasteiger charge is 1.98. The van der Waals surface area contributed by atoms with E-state index in [1.54, 1.807) is 18.0 Å². The molecule has 0 fully saturated rings. The normalized spacial score (nSPS) is 10.8. The minimum absolute atomic E-state index is 0.0651. The number of methoxy groups -OCH3 is 1. The number of aliphatic hydroxyl groups is 1. The van der Waals surface area contributed by atoms with Gasteiger partial charge in [-0.25, -0.2) is 0 Å². The molecule has 0 saturated carbocycles. The first-order valence-corrected chi connectivity index (χ1v) is 4.93. The van der Waals surface area contributed by atoms with E-state index in [9.17, 15) is 0 Å². The average molecular weight is 215 g/mol. The molecule has 0 aromatic carbocycles. The van der Waals surface area contributed by atoms with Crippen LogP contribution in [0.15, 0.2) is 6.20 Å². The van der Waals surface area contributed by atoms with Gasteiger partial charge in [0.25, 0.3) is 0 Å². The summed E-state index contributed by atoms with van der Waals surface area (Å²) in [5.74, 6) is 0. The third-order valence-corrected chi connectivity index (χ3v) is 1.86. The Morgan fingerprint density at radius 1 is 1.40 bits per heavy atom. The number of rotatable bonds is 8. The van der Waals surface area contributed by atoms with E-state index in [2.05, 4.69) is 10.3 Å². The van der Waals surface area contributed by atoms with Gasteiger partial charge in [0.05, 0.1) is 26.0 Å². The van der Waals surface area contributed by atoms with Gasteiger partial charge >= 0.3 is 0 Å². The summed E-state index contributed by atoms with van der Waals surface area (Å²) in [6, 6.07) is 0. The van der Waals surface area contributed by atoms with Crippen LogP contribution >= 0.6 is 0 Å². The maximum Gasteiger partial charge on any atom is 0.108 e. The van der Waals surface area contributed by atoms with Gasteiger partial charge < -0.3 is 14.6 Å². The number of nitrogens with zero attached hydrogens (tertiary/aromatic N) is 3. The zero-order chi connectivity index (χ0) is 10.9. The van der Waals surface area contributed by atoms with Crippen LogP contribution in [0, 0.1) is 0 Å². The monoisotopic (exact) mass is 215 g/mol. The van der Waals surface area contributed by atoms with Crippen LogP contribution < -0.4 is 0 Å². The van der Waals surface area contributed by atoms with Crippen LogP contribution in [0.4, 0.5) is 0 Å². The Hall–Kier alpha value is -0.980. The molecule has 0 aliphatic heterocycles. The maximum atomic E-state index is 8.77. The lowest BCUT2D eigenvalue weighted by Gasteiger charge is -2.02. The van der Waals surface area contributed by atoms with E-state index in [4.69, 9.17) is 14.6 Å². The molecule has 1 N–H and O–H groups in total. The van der Waals surface area contributed by atoms with Crippen molar-refractivity contribution in [1.29, 1.82) is 0 Å². The van der Waals surface area contributed by atoms with Crippen LogP contribution in [0.25, 0.3) is 0 Å². The summed E-state index contributed by atoms with van der Waals surface area (Å²) in [7, 11) is 1.65. The van der Waals surface area contributed by atoms with Gasteiger partial charge in [0.15, 0.2) is 0 Å². The van der Waals surface area contributed by atoms with Crippen LogP contribution in [0.2, 0.25) is 0 Å². The van der Waals surface area contributed by atoms with Gasteiger partial charge in [-0.1, -0.05) is 5.21 Å². The smallest absolute Gasteiger partial charge is 0.108 e. The summed E-state index contributed by atoms with van der Waals surface area (Å²) < 4.78 is 11.8. The fourth-order valence-electron chi connectivity index (χ4n) is 1.09. The molecule has 0 spiro atoms. The predicted molar refractivity (Wildman–Crippen MR) is 53.3 cm³/mol. The third-order valence-electron chi connectivity index (χ3n) is 1.86.